The van der Waals surface area contributed by atoms with Crippen molar-refractivity contribution in [2.45, 2.75) is 70.8 Å². The number of methoxy groups -OCH3 is 1. The summed E-state index contributed by atoms with van der Waals surface area (Å²) in [6, 6.07) is 3.31. The number of nitrogens with zero attached hydrogens (tertiary/aromatic N) is 3. The Bertz CT molecular complexity index is 1270. The molecule has 2 fully saturated rings. The summed E-state index contributed by atoms with van der Waals surface area (Å²) in [6.07, 6.45) is 10.7. The molecule has 9 nitrogen and oxygen atoms in total. The Hall–Kier alpha value is -3.20. The number of piperidine rings is 1. The molecule has 0 bridgehead atoms. The Morgan fingerprint density at radius 3 is 2.79 bits per heavy atom. The Kier molecular flexibility index (Phi) is 7.83. The minimum Gasteiger partial charge on any atom is -0.496 e. The lowest BCUT2D eigenvalue weighted by Gasteiger charge is -2.30. The fourth-order valence-electron chi connectivity index (χ4n) is 5.71. The second-order valence-electron chi connectivity index (χ2n) is 10.9. The summed E-state index contributed by atoms with van der Waals surface area (Å²) in [5.41, 5.74) is 2.20. The molecule has 1 aromatic carbocycles. The molecule has 5 rings (SSSR count). The van der Waals surface area contributed by atoms with E-state index in [2.05, 4.69) is 27.2 Å². The van der Waals surface area contributed by atoms with Crippen LogP contribution in [0.25, 0.3) is 22.4 Å². The molecule has 1 aliphatic heterocycles. The maximum absolute atomic E-state index is 13.4. The van der Waals surface area contributed by atoms with Gasteiger partial charge in [0.25, 0.3) is 0 Å². The highest BCUT2D eigenvalue weighted by atomic mass is 16.5. The number of benzene rings is 1. The van der Waals surface area contributed by atoms with Gasteiger partial charge in [0.1, 0.15) is 23.1 Å². The molecule has 9 heteroatoms. The summed E-state index contributed by atoms with van der Waals surface area (Å²) in [7, 11) is 3.74. The first-order valence-corrected chi connectivity index (χ1v) is 13.8. The molecule has 1 saturated carbocycles. The number of carbonyl (C=O) groups excluding carboxylic acids is 2. The van der Waals surface area contributed by atoms with E-state index in [-0.39, 0.29) is 23.3 Å². The van der Waals surface area contributed by atoms with E-state index in [1.807, 2.05) is 13.0 Å². The van der Waals surface area contributed by atoms with Crippen LogP contribution in [0, 0.1) is 11.3 Å². The second-order valence-corrected chi connectivity index (χ2v) is 10.9. The monoisotopic (exact) mass is 522 g/mol. The van der Waals surface area contributed by atoms with Crippen LogP contribution in [0.1, 0.15) is 76.6 Å². The van der Waals surface area contributed by atoms with E-state index in [9.17, 15) is 9.59 Å². The summed E-state index contributed by atoms with van der Waals surface area (Å²) in [5, 5.41) is 3.27. The largest absolute Gasteiger partial charge is 0.496 e. The van der Waals surface area contributed by atoms with Crippen molar-refractivity contribution in [3.8, 4) is 17.1 Å². The van der Waals surface area contributed by atoms with Crippen molar-refractivity contribution in [2.75, 3.05) is 27.2 Å². The number of oxazole rings is 2. The lowest BCUT2D eigenvalue weighted by atomic mass is 9.91. The van der Waals surface area contributed by atoms with Crippen LogP contribution in [0.5, 0.6) is 5.75 Å². The van der Waals surface area contributed by atoms with Crippen LogP contribution in [0.15, 0.2) is 33.6 Å². The van der Waals surface area contributed by atoms with Gasteiger partial charge in [-0.3, -0.25) is 9.59 Å². The SMILES string of the molecule is CCC(=O)CCCCC[C@H](NC(=O)[C@H]1CC12CCN(C)CC2)c1ncc(-c2cc3ocnc3cc2OC)o1. The summed E-state index contributed by atoms with van der Waals surface area (Å²) in [6.45, 7) is 3.99. The molecular weight excluding hydrogens is 484 g/mol. The topological polar surface area (TPSA) is 111 Å². The first-order chi connectivity index (χ1) is 18.4. The van der Waals surface area contributed by atoms with Crippen LogP contribution in [-0.2, 0) is 9.59 Å². The normalized spacial score (nSPS) is 19.5. The van der Waals surface area contributed by atoms with Crippen molar-refractivity contribution in [1.82, 2.24) is 20.2 Å². The molecule has 1 aliphatic carbocycles. The fraction of sp³-hybridized carbons (Fsp3) is 0.586. The van der Waals surface area contributed by atoms with Crippen molar-refractivity contribution >= 4 is 22.8 Å². The van der Waals surface area contributed by atoms with Crippen LogP contribution in [-0.4, -0.2) is 53.8 Å². The summed E-state index contributed by atoms with van der Waals surface area (Å²) < 4.78 is 17.3. The third-order valence-electron chi connectivity index (χ3n) is 8.39. The fourth-order valence-corrected chi connectivity index (χ4v) is 5.71. The quantitative estimate of drug-likeness (QED) is 0.319. The van der Waals surface area contributed by atoms with Gasteiger partial charge >= 0.3 is 0 Å². The van der Waals surface area contributed by atoms with Gasteiger partial charge < -0.3 is 23.8 Å². The van der Waals surface area contributed by atoms with E-state index >= 15 is 0 Å². The van der Waals surface area contributed by atoms with E-state index in [1.54, 1.807) is 19.4 Å². The molecule has 2 aliphatic rings. The molecule has 3 heterocycles. The van der Waals surface area contributed by atoms with Crippen molar-refractivity contribution in [2.24, 2.45) is 11.3 Å². The summed E-state index contributed by atoms with van der Waals surface area (Å²) in [4.78, 5) is 36.2. The van der Waals surface area contributed by atoms with E-state index < -0.39 is 0 Å². The Morgan fingerprint density at radius 1 is 1.21 bits per heavy atom. The number of Topliss-reactive ketones (excluding diaryl/α,β-unsaturated/α-hetero) is 1. The number of ether oxygens (including phenoxy) is 1. The molecule has 2 aromatic heterocycles. The molecule has 1 saturated heterocycles. The average molecular weight is 523 g/mol. The third kappa shape index (κ3) is 5.62. The zero-order valence-electron chi connectivity index (χ0n) is 22.6. The van der Waals surface area contributed by atoms with Gasteiger partial charge in [0.05, 0.1) is 18.9 Å². The highest BCUT2D eigenvalue weighted by molar-refractivity contribution is 5.84. The number of hydrogen-bond acceptors (Lipinski definition) is 8. The first-order valence-electron chi connectivity index (χ1n) is 13.8. The molecule has 38 heavy (non-hydrogen) atoms. The van der Waals surface area contributed by atoms with Crippen molar-refractivity contribution < 1.29 is 23.2 Å². The summed E-state index contributed by atoms with van der Waals surface area (Å²) >= 11 is 0. The molecular formula is C29H38N4O5. The second kappa shape index (κ2) is 11.3. The van der Waals surface area contributed by atoms with Crippen LogP contribution >= 0.6 is 0 Å². The Labute approximate surface area is 223 Å². The minimum atomic E-state index is -0.331. The number of hydrogen-bond donors (Lipinski definition) is 1. The summed E-state index contributed by atoms with van der Waals surface area (Å²) in [5.74, 6) is 2.09. The van der Waals surface area contributed by atoms with Gasteiger partial charge in [-0.05, 0) is 63.7 Å². The van der Waals surface area contributed by atoms with Gasteiger partial charge in [-0.2, -0.15) is 0 Å². The Balaban J connectivity index is 1.31. The molecule has 0 radical (unpaired) electrons. The lowest BCUT2D eigenvalue weighted by Crippen LogP contribution is -2.36. The third-order valence-corrected chi connectivity index (χ3v) is 8.39. The lowest BCUT2D eigenvalue weighted by molar-refractivity contribution is -0.124. The van der Waals surface area contributed by atoms with Crippen molar-refractivity contribution in [1.29, 1.82) is 0 Å². The van der Waals surface area contributed by atoms with E-state index in [4.69, 9.17) is 13.6 Å². The zero-order valence-corrected chi connectivity index (χ0v) is 22.6. The number of aromatic nitrogens is 2. The number of fused-ring (bicyclic) bond motifs is 1. The predicted octanol–water partition coefficient (Wildman–Crippen LogP) is 5.31. The number of carbonyl (C=O) groups is 2. The average Bonchev–Trinajstić information content (AvgIpc) is 3.24. The number of likely N-dealkylation sites (tertiary alicyclic amines) is 1. The molecule has 204 valence electrons. The predicted molar refractivity (Wildman–Crippen MR) is 143 cm³/mol. The van der Waals surface area contributed by atoms with Crippen LogP contribution in [0.3, 0.4) is 0 Å². The molecule has 2 atom stereocenters. The van der Waals surface area contributed by atoms with Gasteiger partial charge in [0.15, 0.2) is 17.7 Å². The van der Waals surface area contributed by atoms with Crippen molar-refractivity contribution in [3.63, 3.8) is 0 Å². The number of rotatable bonds is 12. The maximum atomic E-state index is 13.4. The van der Waals surface area contributed by atoms with Crippen molar-refractivity contribution in [3.05, 3.63) is 30.6 Å². The highest BCUT2D eigenvalue weighted by Crippen LogP contribution is 2.59. The van der Waals surface area contributed by atoms with Gasteiger partial charge in [0.2, 0.25) is 11.8 Å². The highest BCUT2D eigenvalue weighted by Gasteiger charge is 2.58. The van der Waals surface area contributed by atoms with E-state index in [0.29, 0.717) is 59.1 Å². The van der Waals surface area contributed by atoms with Gasteiger partial charge in [-0.25, -0.2) is 9.97 Å². The van der Waals surface area contributed by atoms with Gasteiger partial charge in [0, 0.05) is 24.8 Å². The minimum absolute atomic E-state index is 0.0595. The maximum Gasteiger partial charge on any atom is 0.224 e. The molecule has 1 N–H and O–H groups in total. The van der Waals surface area contributed by atoms with Crippen LogP contribution in [0.2, 0.25) is 0 Å². The number of nitrogens with one attached hydrogen (secondary N) is 1. The first kappa shape index (κ1) is 26.4. The number of ketones is 1. The van der Waals surface area contributed by atoms with Gasteiger partial charge in [-0.15, -0.1) is 0 Å². The van der Waals surface area contributed by atoms with E-state index in [1.165, 1.54) is 6.39 Å². The number of unbranched alkanes of at least 4 members (excludes halogenated alkanes) is 2. The van der Waals surface area contributed by atoms with Gasteiger partial charge in [-0.1, -0.05) is 19.8 Å². The molecule has 1 spiro atoms. The molecule has 1 amide bonds. The van der Waals surface area contributed by atoms with Crippen LogP contribution < -0.4 is 10.1 Å². The molecule has 0 unspecified atom stereocenters. The Morgan fingerprint density at radius 2 is 2.03 bits per heavy atom. The standard InChI is InChI=1S/C29H38N4O5/c1-4-19(34)8-6-5-7-9-22(32-27(35)21-16-29(21)10-12-33(2)13-11-29)28-30-17-26(38-28)20-14-25-23(31-18-37-25)15-24(20)36-3/h14-15,17-18,21-22H,4-13,16H2,1-3H3,(H,32,35)/t21-,22+/m1/s1. The molecule has 3 aromatic rings. The zero-order chi connectivity index (χ0) is 26.7. The number of amides is 1. The van der Waals surface area contributed by atoms with Crippen LogP contribution in [0.4, 0.5) is 0 Å². The smallest absolute Gasteiger partial charge is 0.224 e. The van der Waals surface area contributed by atoms with E-state index in [0.717, 1.165) is 51.6 Å².